The van der Waals surface area contributed by atoms with Crippen molar-refractivity contribution in [3.05, 3.63) is 77.4 Å². The number of carbonyl (C=O) groups excluding carboxylic acids is 3. The highest BCUT2D eigenvalue weighted by Crippen LogP contribution is 2.29. The minimum atomic E-state index is -1.29. The van der Waals surface area contributed by atoms with Crippen LogP contribution in [-0.2, 0) is 14.3 Å². The fourth-order valence-corrected chi connectivity index (χ4v) is 4.89. The van der Waals surface area contributed by atoms with Gasteiger partial charge in [-0.1, -0.05) is 80.3 Å². The molecule has 0 spiro atoms. The molecule has 2 unspecified atom stereocenters. The van der Waals surface area contributed by atoms with E-state index in [1.807, 2.05) is 74.5 Å². The van der Waals surface area contributed by atoms with Gasteiger partial charge in [0.2, 0.25) is 5.91 Å². The highest BCUT2D eigenvalue weighted by Gasteiger charge is 2.36. The Balaban J connectivity index is 2.03. The lowest BCUT2D eigenvalue weighted by Crippen LogP contribution is -2.54. The number of nitrogens with one attached hydrogen (secondary N) is 2. The molecule has 0 aliphatic rings. The summed E-state index contributed by atoms with van der Waals surface area (Å²) in [5.41, 5.74) is 2.31. The molecule has 2 atom stereocenters. The number of nitrogens with zero attached hydrogens (tertiary/aromatic N) is 1. The van der Waals surface area contributed by atoms with Crippen LogP contribution in [0.25, 0.3) is 10.8 Å². The van der Waals surface area contributed by atoms with Gasteiger partial charge in [-0.2, -0.15) is 0 Å². The molecule has 0 fully saturated rings. The Bertz CT molecular complexity index is 1380. The molecule has 3 amide bonds. The predicted octanol–water partition coefficient (Wildman–Crippen LogP) is 6.43. The quantitative estimate of drug-likeness (QED) is 0.216. The van der Waals surface area contributed by atoms with Gasteiger partial charge in [0, 0.05) is 12.2 Å². The van der Waals surface area contributed by atoms with Crippen molar-refractivity contribution >= 4 is 34.4 Å². The van der Waals surface area contributed by atoms with Crippen LogP contribution in [0.3, 0.4) is 0 Å². The second-order valence-electron chi connectivity index (χ2n) is 11.8. The van der Waals surface area contributed by atoms with Crippen LogP contribution in [0.4, 0.5) is 10.5 Å². The van der Waals surface area contributed by atoms with Crippen molar-refractivity contribution in [3.63, 3.8) is 0 Å². The molecule has 0 aromatic heterocycles. The number of anilines is 1. The smallest absolute Gasteiger partial charge is 0.408 e. The minimum Gasteiger partial charge on any atom is -0.444 e. The van der Waals surface area contributed by atoms with Gasteiger partial charge in [-0.25, -0.2) is 4.79 Å². The third-order valence-corrected chi connectivity index (χ3v) is 7.01. The first-order valence-electron chi connectivity index (χ1n) is 14.7. The monoisotopic (exact) mass is 575 g/mol. The summed E-state index contributed by atoms with van der Waals surface area (Å²) in [5.74, 6) is -0.934. The number of alkyl carbamates (subject to hydrolysis) is 1. The lowest BCUT2D eigenvalue weighted by Gasteiger charge is -2.35. The molecule has 0 aliphatic heterocycles. The molecular formula is C34H45N3O5. The van der Waals surface area contributed by atoms with E-state index in [1.165, 1.54) is 4.90 Å². The van der Waals surface area contributed by atoms with Gasteiger partial charge in [0.05, 0.1) is 6.61 Å². The van der Waals surface area contributed by atoms with Crippen molar-refractivity contribution in [1.82, 2.24) is 10.2 Å². The van der Waals surface area contributed by atoms with E-state index in [2.05, 4.69) is 17.6 Å². The summed E-state index contributed by atoms with van der Waals surface area (Å²) in [6.07, 6.45) is 2.71. The number of aliphatic hydroxyl groups is 1. The molecular weight excluding hydrogens is 530 g/mol. The summed E-state index contributed by atoms with van der Waals surface area (Å²) in [6, 6.07) is 17.1. The summed E-state index contributed by atoms with van der Waals surface area (Å²) in [6.45, 7) is 10.7. The average molecular weight is 576 g/mol. The van der Waals surface area contributed by atoms with Crippen molar-refractivity contribution in [3.8, 4) is 0 Å². The van der Waals surface area contributed by atoms with Gasteiger partial charge in [0.25, 0.3) is 5.91 Å². The van der Waals surface area contributed by atoms with Gasteiger partial charge >= 0.3 is 6.09 Å². The average Bonchev–Trinajstić information content (AvgIpc) is 2.93. The molecule has 0 saturated heterocycles. The van der Waals surface area contributed by atoms with Gasteiger partial charge in [-0.15, -0.1) is 0 Å². The molecule has 3 rings (SSSR count). The largest absolute Gasteiger partial charge is 0.444 e. The Morgan fingerprint density at radius 1 is 0.929 bits per heavy atom. The molecule has 8 heteroatoms. The van der Waals surface area contributed by atoms with Crippen LogP contribution in [0.15, 0.2) is 60.7 Å². The number of hydrogen-bond acceptors (Lipinski definition) is 5. The van der Waals surface area contributed by atoms with Crippen LogP contribution >= 0.6 is 0 Å². The third kappa shape index (κ3) is 9.05. The highest BCUT2D eigenvalue weighted by molar-refractivity contribution is 6.00. The van der Waals surface area contributed by atoms with Crippen molar-refractivity contribution < 1.29 is 24.2 Å². The first kappa shape index (κ1) is 32.6. The zero-order chi connectivity index (χ0) is 30.9. The molecule has 3 aromatic carbocycles. The van der Waals surface area contributed by atoms with Gasteiger partial charge in [0.15, 0.2) is 0 Å². The molecule has 3 aromatic rings. The second-order valence-corrected chi connectivity index (χ2v) is 11.8. The number of aliphatic hydroxyl groups excluding tert-OH is 1. The summed E-state index contributed by atoms with van der Waals surface area (Å²) in [5, 5.41) is 17.8. The summed E-state index contributed by atoms with van der Waals surface area (Å²) >= 11 is 0. The number of rotatable bonds is 12. The Hall–Kier alpha value is -3.91. The first-order chi connectivity index (χ1) is 19.9. The molecule has 0 radical (unpaired) electrons. The van der Waals surface area contributed by atoms with E-state index in [0.29, 0.717) is 17.7 Å². The summed E-state index contributed by atoms with van der Waals surface area (Å²) < 4.78 is 5.34. The predicted molar refractivity (Wildman–Crippen MR) is 167 cm³/mol. The fourth-order valence-electron chi connectivity index (χ4n) is 4.89. The number of carbonyl (C=O) groups is 3. The van der Waals surface area contributed by atoms with Crippen LogP contribution in [0, 0.1) is 13.8 Å². The van der Waals surface area contributed by atoms with Crippen LogP contribution in [-0.4, -0.2) is 52.7 Å². The maximum Gasteiger partial charge on any atom is 0.408 e. The fraction of sp³-hybridized carbons (Fsp3) is 0.441. The summed E-state index contributed by atoms with van der Waals surface area (Å²) in [4.78, 5) is 42.4. The molecule has 0 heterocycles. The summed E-state index contributed by atoms with van der Waals surface area (Å²) in [7, 11) is 0. The molecule has 0 bridgehead atoms. The van der Waals surface area contributed by atoms with Gasteiger partial charge in [-0.3, -0.25) is 9.59 Å². The van der Waals surface area contributed by atoms with E-state index in [0.717, 1.165) is 41.2 Å². The Morgan fingerprint density at radius 2 is 1.64 bits per heavy atom. The van der Waals surface area contributed by atoms with Crippen LogP contribution in [0.1, 0.15) is 76.1 Å². The standard InChI is InChI=1S/C34H45N3O5/c1-7-8-9-12-19-37(32(40)29(22-38)36-33(41)42-34(4,5)6)30(28-20-23(2)15-16-24(28)3)31(39)35-27-18-17-25-13-10-11-14-26(25)21-27/h10-11,13-18,20-21,29-30,38H,7-9,12,19,22H2,1-6H3,(H,35,39)(H,36,41). The Morgan fingerprint density at radius 3 is 2.31 bits per heavy atom. The van der Waals surface area contributed by atoms with Gasteiger partial charge in [0.1, 0.15) is 17.7 Å². The van der Waals surface area contributed by atoms with E-state index in [4.69, 9.17) is 4.74 Å². The molecule has 3 N–H and O–H groups in total. The van der Waals surface area contributed by atoms with E-state index < -0.39 is 36.3 Å². The van der Waals surface area contributed by atoms with Crippen LogP contribution < -0.4 is 10.6 Å². The Labute approximate surface area is 249 Å². The highest BCUT2D eigenvalue weighted by atomic mass is 16.6. The van der Waals surface area contributed by atoms with E-state index in [9.17, 15) is 19.5 Å². The lowest BCUT2D eigenvalue weighted by atomic mass is 9.95. The van der Waals surface area contributed by atoms with Crippen molar-refractivity contribution in [2.75, 3.05) is 18.5 Å². The van der Waals surface area contributed by atoms with Gasteiger partial charge in [-0.05, 0) is 75.1 Å². The number of ether oxygens (including phenoxy) is 1. The van der Waals surface area contributed by atoms with E-state index in [-0.39, 0.29) is 12.5 Å². The number of benzene rings is 3. The topological polar surface area (TPSA) is 108 Å². The number of unbranched alkanes of at least 4 members (excludes halogenated alkanes) is 3. The van der Waals surface area contributed by atoms with E-state index in [1.54, 1.807) is 20.8 Å². The number of fused-ring (bicyclic) bond motifs is 1. The zero-order valence-corrected chi connectivity index (χ0v) is 25.7. The third-order valence-electron chi connectivity index (χ3n) is 7.01. The zero-order valence-electron chi connectivity index (χ0n) is 25.7. The van der Waals surface area contributed by atoms with Crippen molar-refractivity contribution in [2.45, 2.75) is 84.9 Å². The van der Waals surface area contributed by atoms with Crippen molar-refractivity contribution in [2.24, 2.45) is 0 Å². The molecule has 0 aliphatic carbocycles. The SMILES string of the molecule is CCCCCCN(C(=O)C(CO)NC(=O)OC(C)(C)C)C(C(=O)Nc1ccc2ccccc2c1)c1cc(C)ccc1C. The second kappa shape index (κ2) is 14.8. The number of aryl methyl sites for hydroxylation is 2. The van der Waals surface area contributed by atoms with Crippen molar-refractivity contribution in [1.29, 1.82) is 0 Å². The lowest BCUT2D eigenvalue weighted by molar-refractivity contribution is -0.141. The normalized spacial score (nSPS) is 12.8. The molecule has 42 heavy (non-hydrogen) atoms. The maximum atomic E-state index is 14.2. The van der Waals surface area contributed by atoms with Crippen LogP contribution in [0.2, 0.25) is 0 Å². The van der Waals surface area contributed by atoms with Crippen LogP contribution in [0.5, 0.6) is 0 Å². The maximum absolute atomic E-state index is 14.2. The minimum absolute atomic E-state index is 0.272. The molecule has 226 valence electrons. The first-order valence-corrected chi connectivity index (χ1v) is 14.7. The van der Waals surface area contributed by atoms with Gasteiger partial charge < -0.3 is 25.4 Å². The Kier molecular flexibility index (Phi) is 11.5. The molecule has 0 saturated carbocycles. The molecule has 8 nitrogen and oxygen atoms in total. The number of amides is 3. The van der Waals surface area contributed by atoms with E-state index >= 15 is 0 Å². The number of hydrogen-bond donors (Lipinski definition) is 3.